The van der Waals surface area contributed by atoms with E-state index in [1.54, 1.807) is 24.3 Å². The van der Waals surface area contributed by atoms with Gasteiger partial charge in [0.2, 0.25) is 5.91 Å². The van der Waals surface area contributed by atoms with E-state index in [4.69, 9.17) is 10.8 Å². The third-order valence-corrected chi connectivity index (χ3v) is 2.25. The Morgan fingerprint density at radius 3 is 2.62 bits per heavy atom. The molecule has 4 nitrogen and oxygen atoms in total. The van der Waals surface area contributed by atoms with Gasteiger partial charge in [0, 0.05) is 19.0 Å². The summed E-state index contributed by atoms with van der Waals surface area (Å²) < 4.78 is 0. The zero-order valence-electron chi connectivity index (χ0n) is 9.44. The lowest BCUT2D eigenvalue weighted by atomic mass is 10.2. The van der Waals surface area contributed by atoms with Crippen LogP contribution in [0.1, 0.15) is 25.3 Å². The zero-order chi connectivity index (χ0) is 12.0. The fourth-order valence-corrected chi connectivity index (χ4v) is 1.26. The van der Waals surface area contributed by atoms with Gasteiger partial charge >= 0.3 is 0 Å². The summed E-state index contributed by atoms with van der Waals surface area (Å²) in [7, 11) is 0. The van der Waals surface area contributed by atoms with Gasteiger partial charge in [-0.15, -0.1) is 0 Å². The molecule has 0 aliphatic rings. The second-order valence-electron chi connectivity index (χ2n) is 3.96. The van der Waals surface area contributed by atoms with Crippen molar-refractivity contribution in [2.75, 3.05) is 0 Å². The van der Waals surface area contributed by atoms with Gasteiger partial charge in [-0.3, -0.25) is 4.79 Å². The van der Waals surface area contributed by atoms with E-state index < -0.39 is 0 Å². The van der Waals surface area contributed by atoms with Crippen LogP contribution in [0.2, 0.25) is 0 Å². The highest BCUT2D eigenvalue weighted by Crippen LogP contribution is 2.09. The van der Waals surface area contributed by atoms with E-state index in [9.17, 15) is 4.79 Å². The van der Waals surface area contributed by atoms with Crippen LogP contribution < -0.4 is 11.1 Å². The molecule has 88 valence electrons. The normalized spacial score (nSPS) is 12.1. The summed E-state index contributed by atoms with van der Waals surface area (Å²) in [5.41, 5.74) is 6.52. The van der Waals surface area contributed by atoms with Crippen molar-refractivity contribution in [3.63, 3.8) is 0 Å². The van der Waals surface area contributed by atoms with Crippen molar-refractivity contribution < 1.29 is 9.90 Å². The molecule has 1 rings (SSSR count). The molecule has 0 aliphatic heterocycles. The highest BCUT2D eigenvalue weighted by Gasteiger charge is 2.03. The molecule has 4 N–H and O–H groups in total. The van der Waals surface area contributed by atoms with Gasteiger partial charge in [-0.1, -0.05) is 12.1 Å². The molecule has 0 radical (unpaired) electrons. The molecule has 4 heteroatoms. The first kappa shape index (κ1) is 12.5. The lowest BCUT2D eigenvalue weighted by Gasteiger charge is -2.07. The lowest BCUT2D eigenvalue weighted by molar-refractivity contribution is -0.121. The maximum atomic E-state index is 11.4. The highest BCUT2D eigenvalue weighted by molar-refractivity contribution is 5.75. The molecule has 0 aliphatic carbocycles. The molecule has 1 atom stereocenters. The van der Waals surface area contributed by atoms with E-state index in [0.29, 0.717) is 19.4 Å². The minimum atomic E-state index is 0.00498. The topological polar surface area (TPSA) is 75.4 Å². The molecule has 0 fully saturated rings. The fourth-order valence-electron chi connectivity index (χ4n) is 1.26. The van der Waals surface area contributed by atoms with Gasteiger partial charge < -0.3 is 16.2 Å². The van der Waals surface area contributed by atoms with Crippen LogP contribution in [-0.2, 0) is 11.3 Å². The summed E-state index contributed by atoms with van der Waals surface area (Å²) >= 11 is 0. The van der Waals surface area contributed by atoms with Crippen molar-refractivity contribution in [1.29, 1.82) is 0 Å². The number of hydrogen-bond donors (Lipinski definition) is 3. The summed E-state index contributed by atoms with van der Waals surface area (Å²) in [5, 5.41) is 11.9. The molecule has 0 saturated carbocycles. The fraction of sp³-hybridized carbons (Fsp3) is 0.417. The van der Waals surface area contributed by atoms with Gasteiger partial charge in [0.15, 0.2) is 0 Å². The van der Waals surface area contributed by atoms with Crippen molar-refractivity contribution in [2.45, 2.75) is 32.4 Å². The summed E-state index contributed by atoms with van der Waals surface area (Å²) in [5.74, 6) is 0.234. The van der Waals surface area contributed by atoms with Gasteiger partial charge in [0.25, 0.3) is 0 Å². The Morgan fingerprint density at radius 1 is 1.44 bits per heavy atom. The van der Waals surface area contributed by atoms with E-state index in [1.807, 2.05) is 6.92 Å². The van der Waals surface area contributed by atoms with E-state index >= 15 is 0 Å². The van der Waals surface area contributed by atoms with Crippen molar-refractivity contribution in [1.82, 2.24) is 5.32 Å². The number of phenolic OH excluding ortho intramolecular Hbond substituents is 1. The molecule has 0 saturated heterocycles. The number of amides is 1. The van der Waals surface area contributed by atoms with Gasteiger partial charge in [0.05, 0.1) is 0 Å². The zero-order valence-corrected chi connectivity index (χ0v) is 9.44. The first-order valence-corrected chi connectivity index (χ1v) is 5.38. The summed E-state index contributed by atoms with van der Waals surface area (Å²) in [6.07, 6.45) is 1.15. The number of nitrogens with one attached hydrogen (secondary N) is 1. The van der Waals surface area contributed by atoms with Crippen molar-refractivity contribution in [3.05, 3.63) is 29.8 Å². The number of carbonyl (C=O) groups excluding carboxylic acids is 1. The smallest absolute Gasteiger partial charge is 0.220 e. The Bertz CT molecular complexity index is 333. The number of nitrogens with two attached hydrogens (primary N) is 1. The average molecular weight is 222 g/mol. The predicted octanol–water partition coefficient (Wildman–Crippen LogP) is 1.14. The Morgan fingerprint density at radius 2 is 2.06 bits per heavy atom. The third-order valence-electron chi connectivity index (χ3n) is 2.25. The molecule has 0 aromatic heterocycles. The molecule has 1 aromatic rings. The molecule has 1 unspecified atom stereocenters. The minimum absolute atomic E-state index is 0.00498. The molecule has 0 bridgehead atoms. The maximum absolute atomic E-state index is 11.4. The monoisotopic (exact) mass is 222 g/mol. The Hall–Kier alpha value is -1.55. The van der Waals surface area contributed by atoms with Crippen LogP contribution in [0.25, 0.3) is 0 Å². The SMILES string of the molecule is CC(N)CCC(=O)NCc1ccc(O)cc1. The Kier molecular flexibility index (Phi) is 4.79. The number of benzene rings is 1. The summed E-state index contributed by atoms with van der Waals surface area (Å²) in [6, 6.07) is 6.81. The third kappa shape index (κ3) is 4.79. The molecule has 16 heavy (non-hydrogen) atoms. The maximum Gasteiger partial charge on any atom is 0.220 e. The largest absolute Gasteiger partial charge is 0.508 e. The predicted molar refractivity (Wildman–Crippen MR) is 62.8 cm³/mol. The lowest BCUT2D eigenvalue weighted by Crippen LogP contribution is -2.25. The Balaban J connectivity index is 2.29. The van der Waals surface area contributed by atoms with Gasteiger partial charge in [0.1, 0.15) is 5.75 Å². The van der Waals surface area contributed by atoms with E-state index in [1.165, 1.54) is 0 Å². The van der Waals surface area contributed by atoms with E-state index in [2.05, 4.69) is 5.32 Å². The number of hydrogen-bond acceptors (Lipinski definition) is 3. The highest BCUT2D eigenvalue weighted by atomic mass is 16.3. The van der Waals surface area contributed by atoms with Crippen LogP contribution in [0.3, 0.4) is 0 Å². The molecular weight excluding hydrogens is 204 g/mol. The quantitative estimate of drug-likeness (QED) is 0.699. The standard InChI is InChI=1S/C12H18N2O2/c1-9(13)2-7-12(16)14-8-10-3-5-11(15)6-4-10/h3-6,9,15H,2,7-8,13H2,1H3,(H,14,16). The van der Waals surface area contributed by atoms with Crippen LogP contribution in [0.4, 0.5) is 0 Å². The summed E-state index contributed by atoms with van der Waals surface area (Å²) in [4.78, 5) is 11.4. The molecular formula is C12H18N2O2. The molecule has 1 aromatic carbocycles. The van der Waals surface area contributed by atoms with Crippen molar-refractivity contribution in [3.8, 4) is 5.75 Å². The second-order valence-corrected chi connectivity index (χ2v) is 3.96. The van der Waals surface area contributed by atoms with Crippen LogP contribution in [-0.4, -0.2) is 17.1 Å². The first-order valence-electron chi connectivity index (χ1n) is 5.38. The van der Waals surface area contributed by atoms with Crippen LogP contribution in [0, 0.1) is 0 Å². The summed E-state index contributed by atoms with van der Waals surface area (Å²) in [6.45, 7) is 2.37. The van der Waals surface area contributed by atoms with Gasteiger partial charge in [-0.25, -0.2) is 0 Å². The average Bonchev–Trinajstić information content (AvgIpc) is 2.25. The van der Waals surface area contributed by atoms with Crippen molar-refractivity contribution in [2.24, 2.45) is 5.73 Å². The van der Waals surface area contributed by atoms with E-state index in [0.717, 1.165) is 5.56 Å². The number of rotatable bonds is 5. The molecule has 1 amide bonds. The van der Waals surface area contributed by atoms with Crippen LogP contribution in [0.15, 0.2) is 24.3 Å². The Labute approximate surface area is 95.5 Å². The first-order chi connectivity index (χ1) is 7.58. The second kappa shape index (κ2) is 6.12. The van der Waals surface area contributed by atoms with Gasteiger partial charge in [-0.05, 0) is 31.0 Å². The number of aromatic hydroxyl groups is 1. The molecule has 0 spiro atoms. The van der Waals surface area contributed by atoms with Crippen molar-refractivity contribution >= 4 is 5.91 Å². The number of carbonyl (C=O) groups is 1. The molecule has 0 heterocycles. The van der Waals surface area contributed by atoms with E-state index in [-0.39, 0.29) is 17.7 Å². The van der Waals surface area contributed by atoms with Crippen LogP contribution in [0.5, 0.6) is 5.75 Å². The van der Waals surface area contributed by atoms with Crippen LogP contribution >= 0.6 is 0 Å². The minimum Gasteiger partial charge on any atom is -0.508 e. The van der Waals surface area contributed by atoms with Gasteiger partial charge in [-0.2, -0.15) is 0 Å². The number of phenols is 1.